The van der Waals surface area contributed by atoms with E-state index in [2.05, 4.69) is 12.3 Å². The monoisotopic (exact) mass is 180 g/mol. The van der Waals surface area contributed by atoms with Crippen LogP contribution >= 0.6 is 11.6 Å². The van der Waals surface area contributed by atoms with Crippen molar-refractivity contribution in [1.82, 2.24) is 0 Å². The molecule has 0 radical (unpaired) electrons. The molecule has 0 saturated heterocycles. The van der Waals surface area contributed by atoms with Gasteiger partial charge in [-0.2, -0.15) is 0 Å². The summed E-state index contributed by atoms with van der Waals surface area (Å²) in [6, 6.07) is 7.05. The molecule has 1 N–H and O–H groups in total. The van der Waals surface area contributed by atoms with E-state index < -0.39 is 6.10 Å². The standard InChI is InChI=1S/C10H9ClO/c1-2-4-10(12)8-5-3-6-9(11)7-8/h3-7,10,12H,1H2/t10-/m0/s1. The van der Waals surface area contributed by atoms with Crippen LogP contribution in [0.5, 0.6) is 0 Å². The molecule has 1 nitrogen and oxygen atoms in total. The van der Waals surface area contributed by atoms with Crippen molar-refractivity contribution in [2.24, 2.45) is 0 Å². The van der Waals surface area contributed by atoms with E-state index in [0.717, 1.165) is 5.56 Å². The van der Waals surface area contributed by atoms with Gasteiger partial charge in [-0.25, -0.2) is 0 Å². The molecular formula is C10H9ClO. The molecule has 0 aromatic heterocycles. The number of benzene rings is 1. The van der Waals surface area contributed by atoms with Crippen LogP contribution in [0.2, 0.25) is 5.02 Å². The third kappa shape index (κ3) is 2.24. The van der Waals surface area contributed by atoms with Gasteiger partial charge >= 0.3 is 0 Å². The predicted molar refractivity (Wildman–Crippen MR) is 50.1 cm³/mol. The lowest BCUT2D eigenvalue weighted by molar-refractivity contribution is 0.229. The number of aliphatic hydroxyl groups excluding tert-OH is 1. The molecule has 0 unspecified atom stereocenters. The molecule has 1 aromatic carbocycles. The minimum absolute atomic E-state index is 0.615. The van der Waals surface area contributed by atoms with Crippen LogP contribution in [0.1, 0.15) is 11.7 Å². The largest absolute Gasteiger partial charge is 0.384 e. The zero-order valence-corrected chi connectivity index (χ0v) is 7.25. The van der Waals surface area contributed by atoms with Crippen molar-refractivity contribution in [1.29, 1.82) is 0 Å². The van der Waals surface area contributed by atoms with Gasteiger partial charge in [0.2, 0.25) is 0 Å². The molecule has 1 aromatic rings. The highest BCUT2D eigenvalue weighted by molar-refractivity contribution is 6.30. The maximum Gasteiger partial charge on any atom is 0.105 e. The Bertz CT molecular complexity index is 313. The first-order valence-electron chi connectivity index (χ1n) is 3.53. The number of halogens is 1. The lowest BCUT2D eigenvalue weighted by Gasteiger charge is -2.03. The third-order valence-corrected chi connectivity index (χ3v) is 1.70. The number of aliphatic hydroxyl groups is 1. The van der Waals surface area contributed by atoms with Crippen LogP contribution in [0.4, 0.5) is 0 Å². The highest BCUT2D eigenvalue weighted by atomic mass is 35.5. The first-order valence-corrected chi connectivity index (χ1v) is 3.91. The maximum atomic E-state index is 9.43. The van der Waals surface area contributed by atoms with Crippen molar-refractivity contribution < 1.29 is 5.11 Å². The zero-order valence-electron chi connectivity index (χ0n) is 6.50. The van der Waals surface area contributed by atoms with Gasteiger partial charge in [0.1, 0.15) is 6.10 Å². The van der Waals surface area contributed by atoms with Crippen LogP contribution in [0, 0.1) is 0 Å². The lowest BCUT2D eigenvalue weighted by atomic mass is 10.1. The van der Waals surface area contributed by atoms with Crippen LogP contribution in [-0.2, 0) is 0 Å². The molecule has 0 fully saturated rings. The highest BCUT2D eigenvalue weighted by Gasteiger charge is 2.01. The summed E-state index contributed by atoms with van der Waals surface area (Å²) in [6.07, 6.45) is 0.812. The summed E-state index contributed by atoms with van der Waals surface area (Å²) in [7, 11) is 0. The van der Waals surface area contributed by atoms with Crippen molar-refractivity contribution in [2.45, 2.75) is 6.10 Å². The smallest absolute Gasteiger partial charge is 0.105 e. The Balaban J connectivity index is 2.94. The van der Waals surface area contributed by atoms with Gasteiger partial charge in [-0.15, -0.1) is 5.73 Å². The van der Waals surface area contributed by atoms with Crippen molar-refractivity contribution in [3.05, 3.63) is 53.2 Å². The van der Waals surface area contributed by atoms with Crippen LogP contribution in [0.15, 0.2) is 42.7 Å². The minimum atomic E-state index is -0.666. The van der Waals surface area contributed by atoms with Crippen molar-refractivity contribution in [3.63, 3.8) is 0 Å². The molecule has 0 amide bonds. The van der Waals surface area contributed by atoms with Gasteiger partial charge < -0.3 is 5.11 Å². The summed E-state index contributed by atoms with van der Waals surface area (Å²) >= 11 is 5.73. The molecule has 0 saturated carbocycles. The molecule has 0 aliphatic heterocycles. The first-order chi connectivity index (χ1) is 5.74. The van der Waals surface area contributed by atoms with E-state index in [1.54, 1.807) is 24.3 Å². The second kappa shape index (κ2) is 4.13. The SMILES string of the molecule is C=C=C[C@H](O)c1cccc(Cl)c1. The molecule has 0 spiro atoms. The number of hydrogen-bond acceptors (Lipinski definition) is 1. The van der Waals surface area contributed by atoms with Crippen LogP contribution in [-0.4, -0.2) is 5.11 Å². The van der Waals surface area contributed by atoms with Crippen molar-refractivity contribution in [3.8, 4) is 0 Å². The predicted octanol–water partition coefficient (Wildman–Crippen LogP) is 2.71. The molecule has 1 rings (SSSR count). The third-order valence-electron chi connectivity index (χ3n) is 1.47. The average molecular weight is 181 g/mol. The summed E-state index contributed by atoms with van der Waals surface area (Å²) in [5.74, 6) is 0. The lowest BCUT2D eigenvalue weighted by Crippen LogP contribution is -1.91. The summed E-state index contributed by atoms with van der Waals surface area (Å²) in [4.78, 5) is 0. The van der Waals surface area contributed by atoms with E-state index in [1.165, 1.54) is 6.08 Å². The Morgan fingerprint density at radius 3 is 2.92 bits per heavy atom. The maximum absolute atomic E-state index is 9.43. The molecule has 0 aliphatic carbocycles. The van der Waals surface area contributed by atoms with E-state index in [-0.39, 0.29) is 0 Å². The fraction of sp³-hybridized carbons (Fsp3) is 0.100. The Labute approximate surface area is 76.6 Å². The van der Waals surface area contributed by atoms with Gasteiger partial charge in [-0.3, -0.25) is 0 Å². The van der Waals surface area contributed by atoms with Gasteiger partial charge in [0, 0.05) is 5.02 Å². The van der Waals surface area contributed by atoms with Gasteiger partial charge in [0.15, 0.2) is 0 Å². The molecule has 0 bridgehead atoms. The molecule has 0 aliphatic rings. The Morgan fingerprint density at radius 1 is 1.58 bits per heavy atom. The quantitative estimate of drug-likeness (QED) is 0.694. The van der Waals surface area contributed by atoms with Crippen LogP contribution in [0.25, 0.3) is 0 Å². The number of hydrogen-bond donors (Lipinski definition) is 1. The average Bonchev–Trinajstić information content (AvgIpc) is 2.05. The second-order valence-electron chi connectivity index (χ2n) is 2.37. The van der Waals surface area contributed by atoms with E-state index in [4.69, 9.17) is 11.6 Å². The second-order valence-corrected chi connectivity index (χ2v) is 2.81. The molecular weight excluding hydrogens is 172 g/mol. The molecule has 12 heavy (non-hydrogen) atoms. The van der Waals surface area contributed by atoms with Crippen LogP contribution in [0.3, 0.4) is 0 Å². The molecule has 62 valence electrons. The van der Waals surface area contributed by atoms with E-state index in [0.29, 0.717) is 5.02 Å². The van der Waals surface area contributed by atoms with Gasteiger partial charge in [-0.05, 0) is 23.8 Å². The Morgan fingerprint density at radius 2 is 2.33 bits per heavy atom. The fourth-order valence-corrected chi connectivity index (χ4v) is 1.10. The summed E-state index contributed by atoms with van der Waals surface area (Å²) in [5.41, 5.74) is 3.27. The normalized spacial score (nSPS) is 11.8. The van der Waals surface area contributed by atoms with Crippen molar-refractivity contribution >= 4 is 11.6 Å². The van der Waals surface area contributed by atoms with E-state index >= 15 is 0 Å². The van der Waals surface area contributed by atoms with Crippen LogP contribution < -0.4 is 0 Å². The first kappa shape index (κ1) is 9.08. The fourth-order valence-electron chi connectivity index (χ4n) is 0.898. The molecule has 1 atom stereocenters. The van der Waals surface area contributed by atoms with Gasteiger partial charge in [-0.1, -0.05) is 30.3 Å². The summed E-state index contributed by atoms with van der Waals surface area (Å²) in [5, 5.41) is 10.0. The topological polar surface area (TPSA) is 20.2 Å². The number of rotatable bonds is 2. The van der Waals surface area contributed by atoms with E-state index in [1.807, 2.05) is 0 Å². The summed E-state index contributed by atoms with van der Waals surface area (Å²) < 4.78 is 0. The molecule has 2 heteroatoms. The highest BCUT2D eigenvalue weighted by Crippen LogP contribution is 2.17. The minimum Gasteiger partial charge on any atom is -0.384 e. The Kier molecular flexibility index (Phi) is 3.12. The summed E-state index contributed by atoms with van der Waals surface area (Å²) in [6.45, 7) is 3.38. The van der Waals surface area contributed by atoms with Gasteiger partial charge in [0.25, 0.3) is 0 Å². The zero-order chi connectivity index (χ0) is 8.97. The van der Waals surface area contributed by atoms with Crippen molar-refractivity contribution in [2.75, 3.05) is 0 Å². The van der Waals surface area contributed by atoms with E-state index in [9.17, 15) is 5.11 Å². The van der Waals surface area contributed by atoms with Gasteiger partial charge in [0.05, 0.1) is 0 Å². The molecule has 0 heterocycles. The Hall–Kier alpha value is -1.01.